The van der Waals surface area contributed by atoms with E-state index in [-0.39, 0.29) is 30.1 Å². The van der Waals surface area contributed by atoms with Gasteiger partial charge in [-0.05, 0) is 61.2 Å². The summed E-state index contributed by atoms with van der Waals surface area (Å²) in [6, 6.07) is 10.4. The number of aromatic nitrogens is 2. The summed E-state index contributed by atoms with van der Waals surface area (Å²) in [6.45, 7) is 0.551. The Morgan fingerprint density at radius 3 is 2.47 bits per heavy atom. The molecule has 9 heteroatoms. The molecule has 1 aliphatic heterocycles. The van der Waals surface area contributed by atoms with E-state index in [4.69, 9.17) is 0 Å². The van der Waals surface area contributed by atoms with E-state index in [1.165, 1.54) is 12.1 Å². The SMILES string of the molecule is CC(F)(F)C(=O)N[C@H]1CC(=O)N(c2ccc3c(cnn3-c3ccc(F)cc3)c2)C1C1CC1. The van der Waals surface area contributed by atoms with Gasteiger partial charge >= 0.3 is 5.92 Å². The fraction of sp³-hybridized carbons (Fsp3) is 0.348. The van der Waals surface area contributed by atoms with Crippen molar-refractivity contribution in [1.82, 2.24) is 15.1 Å². The molecule has 2 fully saturated rings. The van der Waals surface area contributed by atoms with E-state index in [0.29, 0.717) is 18.3 Å². The van der Waals surface area contributed by atoms with Crippen molar-refractivity contribution in [2.45, 2.75) is 44.2 Å². The van der Waals surface area contributed by atoms with Crippen molar-refractivity contribution in [3.8, 4) is 5.69 Å². The van der Waals surface area contributed by atoms with E-state index in [1.54, 1.807) is 34.0 Å². The van der Waals surface area contributed by atoms with Crippen molar-refractivity contribution in [3.63, 3.8) is 0 Å². The molecule has 3 aromatic rings. The third kappa shape index (κ3) is 3.61. The molecule has 2 heterocycles. The lowest BCUT2D eigenvalue weighted by atomic mass is 10.0. The first-order valence-corrected chi connectivity index (χ1v) is 10.5. The maximum Gasteiger partial charge on any atom is 0.321 e. The van der Waals surface area contributed by atoms with Crippen LogP contribution in [-0.4, -0.2) is 39.6 Å². The second kappa shape index (κ2) is 7.36. The number of anilines is 1. The third-order valence-electron chi connectivity index (χ3n) is 6.09. The maximum absolute atomic E-state index is 13.4. The molecule has 1 saturated carbocycles. The molecule has 0 radical (unpaired) electrons. The average molecular weight is 442 g/mol. The molecular weight excluding hydrogens is 421 g/mol. The number of alkyl halides is 2. The Labute approximate surface area is 182 Å². The number of carbonyl (C=O) groups is 2. The highest BCUT2D eigenvalue weighted by Crippen LogP contribution is 2.43. The minimum Gasteiger partial charge on any atom is -0.346 e. The molecule has 6 nitrogen and oxygen atoms in total. The lowest BCUT2D eigenvalue weighted by molar-refractivity contribution is -0.143. The van der Waals surface area contributed by atoms with E-state index in [9.17, 15) is 22.8 Å². The van der Waals surface area contributed by atoms with Gasteiger partial charge in [0.2, 0.25) is 5.91 Å². The summed E-state index contributed by atoms with van der Waals surface area (Å²) in [7, 11) is 0. The summed E-state index contributed by atoms with van der Waals surface area (Å²) in [5.74, 6) is -5.25. The topological polar surface area (TPSA) is 67.2 Å². The summed E-state index contributed by atoms with van der Waals surface area (Å²) in [5, 5.41) is 7.55. The van der Waals surface area contributed by atoms with E-state index in [1.807, 2.05) is 12.1 Å². The first-order valence-electron chi connectivity index (χ1n) is 10.5. The number of nitrogens with zero attached hydrogens (tertiary/aromatic N) is 3. The molecule has 1 aliphatic carbocycles. The second-order valence-electron chi connectivity index (χ2n) is 8.54. The van der Waals surface area contributed by atoms with Crippen LogP contribution >= 0.6 is 0 Å². The van der Waals surface area contributed by atoms with E-state index in [0.717, 1.165) is 23.7 Å². The summed E-state index contributed by atoms with van der Waals surface area (Å²) < 4.78 is 41.8. The Bertz CT molecular complexity index is 1200. The lowest BCUT2D eigenvalue weighted by Crippen LogP contribution is -2.50. The first kappa shape index (κ1) is 20.5. The number of amides is 2. The Kier molecular flexibility index (Phi) is 4.72. The molecule has 2 aromatic carbocycles. The molecule has 1 aromatic heterocycles. The fourth-order valence-corrected chi connectivity index (χ4v) is 4.44. The van der Waals surface area contributed by atoms with Crippen LogP contribution < -0.4 is 10.2 Å². The fourth-order valence-electron chi connectivity index (χ4n) is 4.44. The highest BCUT2D eigenvalue weighted by Gasteiger charge is 2.50. The van der Waals surface area contributed by atoms with Gasteiger partial charge in [-0.1, -0.05) is 0 Å². The summed E-state index contributed by atoms with van der Waals surface area (Å²) >= 11 is 0. The summed E-state index contributed by atoms with van der Waals surface area (Å²) in [6.07, 6.45) is 3.41. The molecule has 2 aliphatic rings. The van der Waals surface area contributed by atoms with Crippen LogP contribution in [0.5, 0.6) is 0 Å². The van der Waals surface area contributed by atoms with Gasteiger partial charge in [-0.3, -0.25) is 9.59 Å². The van der Waals surface area contributed by atoms with Crippen LogP contribution in [0.2, 0.25) is 0 Å². The van der Waals surface area contributed by atoms with Crippen LogP contribution in [-0.2, 0) is 9.59 Å². The molecule has 32 heavy (non-hydrogen) atoms. The number of hydrogen-bond acceptors (Lipinski definition) is 3. The number of nitrogens with one attached hydrogen (secondary N) is 1. The number of carbonyl (C=O) groups excluding carboxylic acids is 2. The molecule has 1 unspecified atom stereocenters. The van der Waals surface area contributed by atoms with Crippen LogP contribution in [0.15, 0.2) is 48.7 Å². The lowest BCUT2D eigenvalue weighted by Gasteiger charge is -2.29. The summed E-state index contributed by atoms with van der Waals surface area (Å²) in [4.78, 5) is 26.4. The third-order valence-corrected chi connectivity index (χ3v) is 6.09. The van der Waals surface area contributed by atoms with Crippen LogP contribution in [0, 0.1) is 11.7 Å². The van der Waals surface area contributed by atoms with Crippen LogP contribution in [0.1, 0.15) is 26.2 Å². The summed E-state index contributed by atoms with van der Waals surface area (Å²) in [5.41, 5.74) is 2.12. The number of halogens is 3. The van der Waals surface area contributed by atoms with Crippen LogP contribution in [0.3, 0.4) is 0 Å². The van der Waals surface area contributed by atoms with Gasteiger partial charge in [-0.15, -0.1) is 0 Å². The molecule has 1 N–H and O–H groups in total. The Morgan fingerprint density at radius 2 is 1.81 bits per heavy atom. The minimum absolute atomic E-state index is 0.0180. The average Bonchev–Trinajstić information content (AvgIpc) is 3.41. The molecule has 2 atom stereocenters. The van der Waals surface area contributed by atoms with Crippen molar-refractivity contribution >= 4 is 28.4 Å². The zero-order chi connectivity index (χ0) is 22.6. The van der Waals surface area contributed by atoms with Crippen molar-refractivity contribution in [2.75, 3.05) is 4.90 Å². The van der Waals surface area contributed by atoms with E-state index < -0.39 is 17.9 Å². The second-order valence-corrected chi connectivity index (χ2v) is 8.54. The number of benzene rings is 2. The normalized spacial score (nSPS) is 21.4. The molecule has 0 bridgehead atoms. The Morgan fingerprint density at radius 1 is 1.12 bits per heavy atom. The molecule has 2 amide bonds. The van der Waals surface area contributed by atoms with Crippen molar-refractivity contribution in [1.29, 1.82) is 0 Å². The van der Waals surface area contributed by atoms with Gasteiger partial charge in [0.05, 0.1) is 29.5 Å². The van der Waals surface area contributed by atoms with E-state index in [2.05, 4.69) is 10.4 Å². The number of fused-ring (bicyclic) bond motifs is 1. The minimum atomic E-state index is -3.50. The van der Waals surface area contributed by atoms with Crippen LogP contribution in [0.4, 0.5) is 18.9 Å². The monoisotopic (exact) mass is 442 g/mol. The predicted octanol–water partition coefficient (Wildman–Crippen LogP) is 3.82. The molecule has 1 saturated heterocycles. The number of rotatable bonds is 5. The van der Waals surface area contributed by atoms with Gasteiger partial charge in [0.1, 0.15) is 5.82 Å². The van der Waals surface area contributed by atoms with Crippen LogP contribution in [0.25, 0.3) is 16.6 Å². The number of hydrogen-bond donors (Lipinski definition) is 1. The Balaban J connectivity index is 1.46. The largest absolute Gasteiger partial charge is 0.346 e. The smallest absolute Gasteiger partial charge is 0.321 e. The van der Waals surface area contributed by atoms with Crippen molar-refractivity contribution < 1.29 is 22.8 Å². The molecular formula is C23H21F3N4O2. The molecule has 5 rings (SSSR count). The van der Waals surface area contributed by atoms with Gasteiger partial charge in [0.15, 0.2) is 0 Å². The van der Waals surface area contributed by atoms with Gasteiger partial charge < -0.3 is 10.2 Å². The van der Waals surface area contributed by atoms with Gasteiger partial charge in [0.25, 0.3) is 5.91 Å². The maximum atomic E-state index is 13.4. The molecule has 0 spiro atoms. The van der Waals surface area contributed by atoms with Gasteiger partial charge in [-0.2, -0.15) is 13.9 Å². The van der Waals surface area contributed by atoms with Crippen molar-refractivity contribution in [2.24, 2.45) is 5.92 Å². The predicted molar refractivity (Wildman–Crippen MR) is 112 cm³/mol. The first-order chi connectivity index (χ1) is 15.2. The van der Waals surface area contributed by atoms with Gasteiger partial charge in [0, 0.05) is 24.4 Å². The van der Waals surface area contributed by atoms with Crippen molar-refractivity contribution in [3.05, 3.63) is 54.5 Å². The standard InChI is InChI=1S/C23H21F3N4O2/c1-23(25,26)22(32)28-18-11-20(31)29(21(18)13-2-3-13)17-8-9-19-14(10-17)12-27-30(19)16-6-4-15(24)5-7-16/h4-10,12-13,18,21H,2-3,11H2,1H3,(H,28,32)/t18-,21?/m0/s1. The zero-order valence-electron chi connectivity index (χ0n) is 17.3. The Hall–Kier alpha value is -3.36. The molecule has 166 valence electrons. The highest BCUT2D eigenvalue weighted by molar-refractivity contribution is 6.00. The quantitative estimate of drug-likeness (QED) is 0.653. The van der Waals surface area contributed by atoms with Gasteiger partial charge in [-0.25, -0.2) is 9.07 Å². The highest BCUT2D eigenvalue weighted by atomic mass is 19.3. The van der Waals surface area contributed by atoms with E-state index >= 15 is 0 Å². The zero-order valence-corrected chi connectivity index (χ0v) is 17.3.